The number of aryl methyl sites for hydroxylation is 2. The molecule has 0 aliphatic carbocycles. The number of hydrogen-bond acceptors (Lipinski definition) is 5. The smallest absolute Gasteiger partial charge is 0.433 e. The summed E-state index contributed by atoms with van der Waals surface area (Å²) in [5.41, 5.74) is 1.64. The minimum Gasteiger partial charge on any atom is -0.471 e. The molecule has 11 heteroatoms. The molecule has 0 radical (unpaired) electrons. The number of nitrogens with one attached hydrogen (secondary N) is 1. The van der Waals surface area contributed by atoms with Gasteiger partial charge in [0.1, 0.15) is 11.3 Å². The van der Waals surface area contributed by atoms with Crippen LogP contribution in [0.3, 0.4) is 0 Å². The fraction of sp³-hybridized carbons (Fsp3) is 0.133. The third kappa shape index (κ3) is 5.09. The van der Waals surface area contributed by atoms with Gasteiger partial charge in [0.25, 0.3) is 5.91 Å². The number of carbonyl (C=O) groups is 1. The van der Waals surface area contributed by atoms with Gasteiger partial charge in [-0.25, -0.2) is 14.2 Å². The molecule has 41 heavy (non-hydrogen) atoms. The Bertz CT molecular complexity index is 1920. The van der Waals surface area contributed by atoms with Gasteiger partial charge in [-0.05, 0) is 42.3 Å². The second-order valence-corrected chi connectivity index (χ2v) is 9.61. The van der Waals surface area contributed by atoms with Crippen LogP contribution >= 0.6 is 0 Å². The molecule has 0 bridgehead atoms. The van der Waals surface area contributed by atoms with Crippen LogP contribution in [-0.2, 0) is 12.9 Å². The van der Waals surface area contributed by atoms with Gasteiger partial charge in [-0.15, -0.1) is 0 Å². The van der Waals surface area contributed by atoms with Crippen LogP contribution in [0.2, 0.25) is 0 Å². The number of ether oxygens (including phenoxy) is 1. The Hall–Kier alpha value is -5.19. The molecule has 0 spiro atoms. The average molecular weight is 557 g/mol. The van der Waals surface area contributed by atoms with Crippen LogP contribution in [0.4, 0.5) is 18.9 Å². The predicted molar refractivity (Wildman–Crippen MR) is 148 cm³/mol. The SMILES string of the molecule is Cc1ccc(OCn2cc(NC(=O)c3cnn4c(C(F)(F)F)cc(-c5cccc6ccccc56)nc34)cn2)c(C)c1. The van der Waals surface area contributed by atoms with Gasteiger partial charge in [-0.1, -0.05) is 60.2 Å². The van der Waals surface area contributed by atoms with E-state index in [4.69, 9.17) is 4.74 Å². The molecule has 0 atom stereocenters. The lowest BCUT2D eigenvalue weighted by Gasteiger charge is -2.13. The lowest BCUT2D eigenvalue weighted by Crippen LogP contribution is -2.15. The maximum atomic E-state index is 14.1. The van der Waals surface area contributed by atoms with Gasteiger partial charge in [0, 0.05) is 5.56 Å². The van der Waals surface area contributed by atoms with Crippen molar-refractivity contribution < 1.29 is 22.7 Å². The number of hydrogen-bond donors (Lipinski definition) is 1. The van der Waals surface area contributed by atoms with E-state index in [2.05, 4.69) is 20.5 Å². The van der Waals surface area contributed by atoms with Crippen LogP contribution in [-0.4, -0.2) is 30.3 Å². The number of aromatic nitrogens is 5. The first kappa shape index (κ1) is 26.1. The molecular formula is C30H23F3N6O2. The number of rotatable bonds is 6. The summed E-state index contributed by atoms with van der Waals surface area (Å²) >= 11 is 0. The largest absolute Gasteiger partial charge is 0.471 e. The van der Waals surface area contributed by atoms with Gasteiger partial charge < -0.3 is 10.1 Å². The Morgan fingerprint density at radius 1 is 0.976 bits per heavy atom. The highest BCUT2D eigenvalue weighted by Crippen LogP contribution is 2.35. The van der Waals surface area contributed by atoms with Gasteiger partial charge in [0.15, 0.2) is 18.1 Å². The number of anilines is 1. The van der Waals surface area contributed by atoms with E-state index in [-0.39, 0.29) is 23.6 Å². The average Bonchev–Trinajstić information content (AvgIpc) is 3.58. The summed E-state index contributed by atoms with van der Waals surface area (Å²) in [5.74, 6) is 0.0297. The highest BCUT2D eigenvalue weighted by Gasteiger charge is 2.36. The zero-order valence-corrected chi connectivity index (χ0v) is 22.0. The third-order valence-electron chi connectivity index (χ3n) is 6.65. The predicted octanol–water partition coefficient (Wildman–Crippen LogP) is 6.67. The van der Waals surface area contributed by atoms with Crippen molar-refractivity contribution in [3.05, 3.63) is 108 Å². The summed E-state index contributed by atoms with van der Waals surface area (Å²) in [7, 11) is 0. The first-order valence-electron chi connectivity index (χ1n) is 12.7. The summed E-state index contributed by atoms with van der Waals surface area (Å²) in [4.78, 5) is 17.7. The molecule has 0 unspecified atom stereocenters. The van der Waals surface area contributed by atoms with Crippen LogP contribution in [0.1, 0.15) is 27.2 Å². The molecule has 3 aromatic heterocycles. The quantitative estimate of drug-likeness (QED) is 0.248. The topological polar surface area (TPSA) is 86.3 Å². The Labute approximate surface area is 232 Å². The molecule has 8 nitrogen and oxygen atoms in total. The molecule has 6 aromatic rings. The lowest BCUT2D eigenvalue weighted by molar-refractivity contribution is -0.142. The molecule has 0 saturated carbocycles. The molecule has 3 heterocycles. The van der Waals surface area contributed by atoms with Crippen molar-refractivity contribution in [2.45, 2.75) is 26.8 Å². The van der Waals surface area contributed by atoms with E-state index in [1.807, 2.05) is 56.3 Å². The summed E-state index contributed by atoms with van der Waals surface area (Å²) in [6.07, 6.45) is -0.682. The fourth-order valence-electron chi connectivity index (χ4n) is 4.71. The highest BCUT2D eigenvalue weighted by atomic mass is 19.4. The van der Waals surface area contributed by atoms with E-state index in [9.17, 15) is 18.0 Å². The first-order chi connectivity index (χ1) is 19.7. The summed E-state index contributed by atoms with van der Waals surface area (Å²) in [6.45, 7) is 4.03. The standard InChI is InChI=1S/C30H23F3N6O2/c1-18-10-11-26(19(2)12-18)41-17-38-16-21(14-34-38)36-29(40)24-15-35-39-27(30(31,32)33)13-25(37-28(24)39)23-9-5-7-20-6-3-4-8-22(20)23/h3-16H,17H2,1-2H3,(H,36,40). The molecule has 1 N–H and O–H groups in total. The molecule has 1 amide bonds. The van der Waals surface area contributed by atoms with Crippen molar-refractivity contribution in [2.24, 2.45) is 0 Å². The van der Waals surface area contributed by atoms with Gasteiger partial charge in [0.05, 0.1) is 30.0 Å². The van der Waals surface area contributed by atoms with Crippen molar-refractivity contribution in [2.75, 3.05) is 5.32 Å². The maximum absolute atomic E-state index is 14.1. The minimum atomic E-state index is -4.74. The van der Waals surface area contributed by atoms with E-state index >= 15 is 0 Å². The minimum absolute atomic E-state index is 0.0764. The lowest BCUT2D eigenvalue weighted by atomic mass is 10.0. The second-order valence-electron chi connectivity index (χ2n) is 9.61. The molecule has 6 rings (SSSR count). The molecular weight excluding hydrogens is 533 g/mol. The number of nitrogens with zero attached hydrogens (tertiary/aromatic N) is 5. The Balaban J connectivity index is 1.31. The normalized spacial score (nSPS) is 11.7. The second kappa shape index (κ2) is 10.1. The monoisotopic (exact) mass is 556 g/mol. The van der Waals surface area contributed by atoms with E-state index in [0.717, 1.165) is 34.2 Å². The van der Waals surface area contributed by atoms with Gasteiger partial charge in [-0.2, -0.15) is 23.4 Å². The summed E-state index contributed by atoms with van der Waals surface area (Å²) in [5, 5.41) is 12.3. The zero-order valence-electron chi connectivity index (χ0n) is 22.0. The van der Waals surface area contributed by atoms with Crippen LogP contribution in [0.15, 0.2) is 85.3 Å². The van der Waals surface area contributed by atoms with E-state index < -0.39 is 17.8 Å². The van der Waals surface area contributed by atoms with Crippen LogP contribution < -0.4 is 10.1 Å². The Morgan fingerprint density at radius 3 is 2.59 bits per heavy atom. The first-order valence-corrected chi connectivity index (χ1v) is 12.7. The van der Waals surface area contributed by atoms with Gasteiger partial charge in [-0.3, -0.25) is 4.79 Å². The van der Waals surface area contributed by atoms with Crippen LogP contribution in [0, 0.1) is 13.8 Å². The molecule has 0 aliphatic heterocycles. The zero-order chi connectivity index (χ0) is 28.7. The van der Waals surface area contributed by atoms with Crippen molar-refractivity contribution >= 4 is 28.0 Å². The summed E-state index contributed by atoms with van der Waals surface area (Å²) in [6, 6.07) is 19.4. The van der Waals surface area contributed by atoms with Crippen molar-refractivity contribution in [1.82, 2.24) is 24.4 Å². The number of carbonyl (C=O) groups excluding carboxylic acids is 1. The van der Waals surface area contributed by atoms with Crippen LogP contribution in [0.25, 0.3) is 27.7 Å². The van der Waals surface area contributed by atoms with Crippen molar-refractivity contribution in [3.8, 4) is 17.0 Å². The van der Waals surface area contributed by atoms with E-state index in [1.54, 1.807) is 24.4 Å². The van der Waals surface area contributed by atoms with E-state index in [1.165, 1.54) is 10.9 Å². The van der Waals surface area contributed by atoms with Crippen molar-refractivity contribution in [3.63, 3.8) is 0 Å². The number of fused-ring (bicyclic) bond motifs is 2. The number of halogens is 3. The molecule has 0 fully saturated rings. The molecule has 3 aromatic carbocycles. The maximum Gasteiger partial charge on any atom is 0.433 e. The fourth-order valence-corrected chi connectivity index (χ4v) is 4.71. The molecule has 206 valence electrons. The Morgan fingerprint density at radius 2 is 1.78 bits per heavy atom. The van der Waals surface area contributed by atoms with Gasteiger partial charge in [0.2, 0.25) is 0 Å². The number of amides is 1. The Kier molecular flexibility index (Phi) is 6.41. The highest BCUT2D eigenvalue weighted by molar-refractivity contribution is 6.08. The number of alkyl halides is 3. The molecule has 0 aliphatic rings. The number of benzene rings is 3. The van der Waals surface area contributed by atoms with Crippen molar-refractivity contribution in [1.29, 1.82) is 0 Å². The van der Waals surface area contributed by atoms with Gasteiger partial charge >= 0.3 is 6.18 Å². The van der Waals surface area contributed by atoms with E-state index in [0.29, 0.717) is 21.5 Å². The van der Waals surface area contributed by atoms with Crippen LogP contribution in [0.5, 0.6) is 5.75 Å². The third-order valence-corrected chi connectivity index (χ3v) is 6.65. The molecule has 0 saturated heterocycles. The summed E-state index contributed by atoms with van der Waals surface area (Å²) < 4.78 is 50.3.